The summed E-state index contributed by atoms with van der Waals surface area (Å²) in [7, 11) is 0. The first kappa shape index (κ1) is 27.4. The molecular formula is C27H29ClN4O5S. The second-order valence-corrected chi connectivity index (χ2v) is 10.7. The summed E-state index contributed by atoms with van der Waals surface area (Å²) in [5.74, 6) is -1.29. The van der Waals surface area contributed by atoms with E-state index >= 15 is 0 Å². The van der Waals surface area contributed by atoms with Crippen LogP contribution in [0.5, 0.6) is 5.75 Å². The number of aromatic hydroxyl groups is 1. The minimum atomic E-state index is -1.08. The highest BCUT2D eigenvalue weighted by atomic mass is 35.5. The van der Waals surface area contributed by atoms with Crippen LogP contribution in [0.3, 0.4) is 0 Å². The summed E-state index contributed by atoms with van der Waals surface area (Å²) in [6, 6.07) is 15.5. The van der Waals surface area contributed by atoms with Gasteiger partial charge in [-0.3, -0.25) is 15.0 Å². The van der Waals surface area contributed by atoms with Crippen molar-refractivity contribution in [2.24, 2.45) is 0 Å². The second kappa shape index (κ2) is 12.8. The van der Waals surface area contributed by atoms with Crippen molar-refractivity contribution in [2.75, 3.05) is 18.4 Å². The monoisotopic (exact) mass is 556 g/mol. The van der Waals surface area contributed by atoms with E-state index in [2.05, 4.69) is 20.9 Å². The Morgan fingerprint density at radius 1 is 1.03 bits per heavy atom. The molecule has 38 heavy (non-hydrogen) atoms. The number of piperidine rings is 1. The van der Waals surface area contributed by atoms with E-state index in [4.69, 9.17) is 16.7 Å². The number of carboxylic acid groups (broad SMARTS) is 1. The van der Waals surface area contributed by atoms with Crippen LogP contribution in [0, 0.1) is 0 Å². The van der Waals surface area contributed by atoms with Gasteiger partial charge in [-0.2, -0.15) is 0 Å². The predicted octanol–water partition coefficient (Wildman–Crippen LogP) is 4.32. The smallest absolute Gasteiger partial charge is 0.345 e. The van der Waals surface area contributed by atoms with Crippen LogP contribution in [0.15, 0.2) is 60.7 Å². The summed E-state index contributed by atoms with van der Waals surface area (Å²) in [5, 5.41) is 28.2. The van der Waals surface area contributed by atoms with E-state index in [1.807, 2.05) is 24.3 Å². The Morgan fingerprint density at radius 3 is 2.42 bits per heavy atom. The molecule has 0 aliphatic carbocycles. The Hall–Kier alpha value is -3.60. The number of hydrogen-bond acceptors (Lipinski definition) is 6. The van der Waals surface area contributed by atoms with Gasteiger partial charge in [0.15, 0.2) is 0 Å². The van der Waals surface area contributed by atoms with Gasteiger partial charge >= 0.3 is 12.0 Å². The van der Waals surface area contributed by atoms with E-state index in [-0.39, 0.29) is 29.0 Å². The number of hydrogen-bond donors (Lipinski definition) is 5. The van der Waals surface area contributed by atoms with Crippen LogP contribution >= 0.6 is 22.9 Å². The fraction of sp³-hybridized carbons (Fsp3) is 0.296. The van der Waals surface area contributed by atoms with Crippen LogP contribution in [0.1, 0.15) is 33.6 Å². The van der Waals surface area contributed by atoms with Crippen LogP contribution in [-0.4, -0.2) is 58.2 Å². The molecule has 0 bridgehead atoms. The molecular weight excluding hydrogens is 528 g/mol. The van der Waals surface area contributed by atoms with Gasteiger partial charge < -0.3 is 20.8 Å². The number of amides is 3. The van der Waals surface area contributed by atoms with Gasteiger partial charge in [0, 0.05) is 30.6 Å². The number of benzene rings is 2. The lowest BCUT2D eigenvalue weighted by atomic mass is 10.0. The summed E-state index contributed by atoms with van der Waals surface area (Å²) in [6.07, 6.45) is 1.97. The number of carbonyl (C=O) groups is 3. The molecule has 9 nitrogen and oxygen atoms in total. The third kappa shape index (κ3) is 7.95. The molecule has 1 aliphatic heterocycles. The van der Waals surface area contributed by atoms with E-state index in [1.54, 1.807) is 12.1 Å². The van der Waals surface area contributed by atoms with E-state index in [1.165, 1.54) is 24.3 Å². The number of carbonyl (C=O) groups excluding carboxylic acids is 2. The molecule has 3 amide bonds. The Bertz CT molecular complexity index is 1270. The number of anilines is 1. The van der Waals surface area contributed by atoms with Crippen molar-refractivity contribution >= 4 is 45.8 Å². The number of urea groups is 1. The number of likely N-dealkylation sites (tertiary alicyclic amines) is 1. The van der Waals surface area contributed by atoms with E-state index < -0.39 is 18.0 Å². The number of aromatic carboxylic acids is 1. The van der Waals surface area contributed by atoms with Crippen molar-refractivity contribution in [3.63, 3.8) is 0 Å². The molecule has 1 saturated heterocycles. The zero-order valence-corrected chi connectivity index (χ0v) is 22.1. The van der Waals surface area contributed by atoms with E-state index in [0.717, 1.165) is 48.4 Å². The summed E-state index contributed by atoms with van der Waals surface area (Å²) < 4.78 is 0. The van der Waals surface area contributed by atoms with Gasteiger partial charge in [-0.05, 0) is 66.9 Å². The van der Waals surface area contributed by atoms with Crippen molar-refractivity contribution < 1.29 is 24.6 Å². The van der Waals surface area contributed by atoms with Gasteiger partial charge in [-0.15, -0.1) is 11.3 Å². The molecule has 1 fully saturated rings. The first-order valence-corrected chi connectivity index (χ1v) is 13.4. The number of nitrogens with zero attached hydrogens (tertiary/aromatic N) is 1. The van der Waals surface area contributed by atoms with Crippen LogP contribution < -0.4 is 16.0 Å². The molecule has 11 heteroatoms. The molecule has 0 saturated carbocycles. The Kier molecular flexibility index (Phi) is 9.22. The number of thiophene rings is 1. The number of rotatable bonds is 9. The summed E-state index contributed by atoms with van der Waals surface area (Å²) in [5.41, 5.74) is 1.91. The standard InChI is InChI=1S/C27H29ClN4O5S/c28-19-7-3-18(4-8-19)15-32-13-1-2-20(16-32)29-25(34)22(14-17-5-9-21(33)10-6-17)30-27(37)31-24-12-11-23(38-24)26(35)36/h3-12,20,22,33H,1-2,13-16H2,(H,29,34)(H,35,36)(H2,30,31,37)/t20-,22-/m0/s1. The van der Waals surface area contributed by atoms with Crippen molar-refractivity contribution in [2.45, 2.75) is 37.9 Å². The highest BCUT2D eigenvalue weighted by Gasteiger charge is 2.27. The average Bonchev–Trinajstić information content (AvgIpc) is 3.35. The fourth-order valence-corrected chi connectivity index (χ4v) is 5.24. The Labute approximate surface area is 229 Å². The molecule has 5 N–H and O–H groups in total. The Morgan fingerprint density at radius 2 is 1.74 bits per heavy atom. The zero-order valence-electron chi connectivity index (χ0n) is 20.5. The summed E-state index contributed by atoms with van der Waals surface area (Å²) in [4.78, 5) is 39.6. The van der Waals surface area contributed by atoms with Crippen molar-refractivity contribution in [1.82, 2.24) is 15.5 Å². The van der Waals surface area contributed by atoms with Gasteiger partial charge in [-0.25, -0.2) is 9.59 Å². The molecule has 1 aromatic heterocycles. The molecule has 0 unspecified atom stereocenters. The lowest BCUT2D eigenvalue weighted by Crippen LogP contribution is -2.54. The first-order valence-electron chi connectivity index (χ1n) is 12.2. The molecule has 3 aromatic rings. The summed E-state index contributed by atoms with van der Waals surface area (Å²) in [6.45, 7) is 2.35. The molecule has 2 aromatic carbocycles. The highest BCUT2D eigenvalue weighted by molar-refractivity contribution is 7.18. The maximum atomic E-state index is 13.4. The fourth-order valence-electron chi connectivity index (χ4n) is 4.37. The number of nitrogens with one attached hydrogen (secondary N) is 3. The second-order valence-electron chi connectivity index (χ2n) is 9.20. The van der Waals surface area contributed by atoms with Crippen molar-refractivity contribution in [3.8, 4) is 5.75 Å². The van der Waals surface area contributed by atoms with Gasteiger partial charge in [-0.1, -0.05) is 35.9 Å². The van der Waals surface area contributed by atoms with Gasteiger partial charge in [0.05, 0.1) is 5.00 Å². The zero-order chi connectivity index (χ0) is 27.1. The molecule has 2 atom stereocenters. The predicted molar refractivity (Wildman–Crippen MR) is 147 cm³/mol. The van der Waals surface area contributed by atoms with Gasteiger partial charge in [0.1, 0.15) is 16.7 Å². The Balaban J connectivity index is 1.40. The quantitative estimate of drug-likeness (QED) is 0.267. The van der Waals surface area contributed by atoms with Crippen LogP contribution in [0.25, 0.3) is 0 Å². The first-order chi connectivity index (χ1) is 18.2. The molecule has 2 heterocycles. The number of carboxylic acids is 1. The minimum absolute atomic E-state index is 0.0776. The van der Waals surface area contributed by atoms with Crippen molar-refractivity contribution in [1.29, 1.82) is 0 Å². The highest BCUT2D eigenvalue weighted by Crippen LogP contribution is 2.22. The van der Waals surface area contributed by atoms with Crippen LogP contribution in [0.4, 0.5) is 9.80 Å². The van der Waals surface area contributed by atoms with Crippen LogP contribution in [-0.2, 0) is 17.8 Å². The lowest BCUT2D eigenvalue weighted by Gasteiger charge is -2.34. The average molecular weight is 557 g/mol. The van der Waals surface area contributed by atoms with E-state index in [9.17, 15) is 19.5 Å². The maximum absolute atomic E-state index is 13.4. The maximum Gasteiger partial charge on any atom is 0.345 e. The number of phenols is 1. The lowest BCUT2D eigenvalue weighted by molar-refractivity contribution is -0.124. The molecule has 0 spiro atoms. The topological polar surface area (TPSA) is 131 Å². The molecule has 0 radical (unpaired) electrons. The molecule has 1 aliphatic rings. The third-order valence-electron chi connectivity index (χ3n) is 6.22. The summed E-state index contributed by atoms with van der Waals surface area (Å²) >= 11 is 6.92. The van der Waals surface area contributed by atoms with Gasteiger partial charge in [0.25, 0.3) is 0 Å². The van der Waals surface area contributed by atoms with Gasteiger partial charge in [0.2, 0.25) is 5.91 Å². The largest absolute Gasteiger partial charge is 0.508 e. The third-order valence-corrected chi connectivity index (χ3v) is 7.46. The minimum Gasteiger partial charge on any atom is -0.508 e. The van der Waals surface area contributed by atoms with Crippen LogP contribution in [0.2, 0.25) is 5.02 Å². The molecule has 4 rings (SSSR count). The normalized spacial score (nSPS) is 16.4. The van der Waals surface area contributed by atoms with E-state index in [0.29, 0.717) is 16.6 Å². The number of halogens is 1. The number of phenolic OH excluding ortho intramolecular Hbond substituents is 1. The molecule has 200 valence electrons. The van der Waals surface area contributed by atoms with Crippen molar-refractivity contribution in [3.05, 3.63) is 81.7 Å². The SMILES string of the molecule is O=C(Nc1ccc(C(=O)O)s1)N[C@@H](Cc1ccc(O)cc1)C(=O)N[C@H]1CCCN(Cc2ccc(Cl)cc2)C1.